The first-order valence-corrected chi connectivity index (χ1v) is 13.4. The summed E-state index contributed by atoms with van der Waals surface area (Å²) in [6.45, 7) is 10.5. The molecule has 212 valence electrons. The van der Waals surface area contributed by atoms with Gasteiger partial charge in [0.05, 0.1) is 12.0 Å². The van der Waals surface area contributed by atoms with Gasteiger partial charge in [0.25, 0.3) is 5.91 Å². The van der Waals surface area contributed by atoms with Crippen LogP contribution >= 0.6 is 34.8 Å². The van der Waals surface area contributed by atoms with Gasteiger partial charge in [-0.15, -0.1) is 6.58 Å². The van der Waals surface area contributed by atoms with E-state index in [0.29, 0.717) is 32.2 Å². The van der Waals surface area contributed by atoms with E-state index in [-0.39, 0.29) is 17.9 Å². The number of amides is 3. The number of carbonyl (C=O) groups excluding carboxylic acids is 4. The molecule has 1 fully saturated rings. The minimum absolute atomic E-state index is 0.238. The number of nitrogens with zero attached hydrogens (tertiary/aromatic N) is 1. The lowest BCUT2D eigenvalue weighted by atomic mass is 9.97. The van der Waals surface area contributed by atoms with Gasteiger partial charge in [0.2, 0.25) is 15.6 Å². The van der Waals surface area contributed by atoms with E-state index in [9.17, 15) is 19.2 Å². The second-order valence-corrected chi connectivity index (χ2v) is 11.9. The van der Waals surface area contributed by atoms with Crippen LogP contribution in [0.2, 0.25) is 0 Å². The third kappa shape index (κ3) is 11.4. The van der Waals surface area contributed by atoms with Crippen molar-refractivity contribution in [1.29, 1.82) is 0 Å². The topological polar surface area (TPSA) is 126 Å². The monoisotopic (exact) mass is 584 g/mol. The van der Waals surface area contributed by atoms with Crippen LogP contribution in [0.25, 0.3) is 0 Å². The number of hydrogen-bond donors (Lipinski definition) is 3. The first-order chi connectivity index (χ1) is 17.2. The van der Waals surface area contributed by atoms with Crippen molar-refractivity contribution in [3.8, 4) is 0 Å². The van der Waals surface area contributed by atoms with Crippen molar-refractivity contribution in [2.24, 2.45) is 11.8 Å². The molecule has 0 saturated carbocycles. The van der Waals surface area contributed by atoms with Crippen LogP contribution in [-0.2, 0) is 28.7 Å². The van der Waals surface area contributed by atoms with Gasteiger partial charge in [-0.05, 0) is 38.5 Å². The number of halogens is 3. The highest BCUT2D eigenvalue weighted by molar-refractivity contribution is 6.67. The maximum absolute atomic E-state index is 13.0. The molecule has 0 aromatic heterocycles. The van der Waals surface area contributed by atoms with E-state index >= 15 is 0 Å². The number of methoxy groups -OCH3 is 1. The fourth-order valence-corrected chi connectivity index (χ4v) is 3.97. The lowest BCUT2D eigenvalue weighted by molar-refractivity contribution is -0.152. The molecule has 1 saturated heterocycles. The molecule has 1 aliphatic rings. The Labute approximate surface area is 234 Å². The van der Waals surface area contributed by atoms with Crippen molar-refractivity contribution in [2.75, 3.05) is 20.3 Å². The molecule has 37 heavy (non-hydrogen) atoms. The SMILES string of the molecule is C=CCC[C@@H](OC)[C@@H](C)C(=O)N[C@H](C(=O)N[C@@H](C)C(=O)N1CCC[C@@H](C(=O)OCC(Cl)(Cl)Cl)N1)C(C)C. The van der Waals surface area contributed by atoms with Crippen LogP contribution in [0.4, 0.5) is 0 Å². The summed E-state index contributed by atoms with van der Waals surface area (Å²) in [7, 11) is 1.54. The Hall–Kier alpha value is -1.59. The highest BCUT2D eigenvalue weighted by atomic mass is 35.6. The van der Waals surface area contributed by atoms with Crippen molar-refractivity contribution >= 4 is 58.5 Å². The van der Waals surface area contributed by atoms with Crippen LogP contribution in [0.5, 0.6) is 0 Å². The summed E-state index contributed by atoms with van der Waals surface area (Å²) in [4.78, 5) is 51.2. The van der Waals surface area contributed by atoms with Crippen LogP contribution in [0.1, 0.15) is 53.4 Å². The predicted octanol–water partition coefficient (Wildman–Crippen LogP) is 2.66. The van der Waals surface area contributed by atoms with Crippen molar-refractivity contribution in [3.63, 3.8) is 0 Å². The number of alkyl halides is 3. The van der Waals surface area contributed by atoms with Gasteiger partial charge in [-0.25, -0.2) is 5.43 Å². The molecule has 1 rings (SSSR count). The van der Waals surface area contributed by atoms with Crippen LogP contribution in [-0.4, -0.2) is 77.0 Å². The maximum Gasteiger partial charge on any atom is 0.325 e. The van der Waals surface area contributed by atoms with Gasteiger partial charge in [-0.1, -0.05) is 61.7 Å². The fraction of sp³-hybridized carbons (Fsp3) is 0.750. The number of hydrogen-bond acceptors (Lipinski definition) is 7. The van der Waals surface area contributed by atoms with Crippen molar-refractivity contribution < 1.29 is 28.7 Å². The molecule has 3 amide bonds. The minimum atomic E-state index is -1.74. The lowest BCUT2D eigenvalue weighted by Gasteiger charge is -2.35. The fourth-order valence-electron chi connectivity index (χ4n) is 3.81. The number of carbonyl (C=O) groups is 4. The quantitative estimate of drug-likeness (QED) is 0.172. The van der Waals surface area contributed by atoms with E-state index in [1.807, 2.05) is 0 Å². The molecule has 0 radical (unpaired) electrons. The van der Waals surface area contributed by atoms with E-state index < -0.39 is 52.2 Å². The van der Waals surface area contributed by atoms with Gasteiger partial charge >= 0.3 is 5.97 Å². The molecule has 5 atom stereocenters. The summed E-state index contributed by atoms with van der Waals surface area (Å²) in [6, 6.07) is -2.58. The molecule has 13 heteroatoms. The largest absolute Gasteiger partial charge is 0.460 e. The molecular weight excluding hydrogens is 547 g/mol. The Morgan fingerprint density at radius 1 is 1.14 bits per heavy atom. The summed E-state index contributed by atoms with van der Waals surface area (Å²) in [6.07, 6.45) is 3.71. The Kier molecular flexibility index (Phi) is 14.2. The van der Waals surface area contributed by atoms with Crippen molar-refractivity contribution in [2.45, 2.75) is 81.4 Å². The Balaban J connectivity index is 2.75. The van der Waals surface area contributed by atoms with Crippen LogP contribution in [0, 0.1) is 11.8 Å². The second kappa shape index (κ2) is 15.7. The smallest absolute Gasteiger partial charge is 0.325 e. The molecule has 0 aliphatic carbocycles. The number of allylic oxidation sites excluding steroid dienone is 1. The van der Waals surface area contributed by atoms with E-state index in [0.717, 1.165) is 0 Å². The van der Waals surface area contributed by atoms with Gasteiger partial charge in [0, 0.05) is 13.7 Å². The molecular formula is C24H39Cl3N4O6. The average molecular weight is 586 g/mol. The van der Waals surface area contributed by atoms with Crippen LogP contribution < -0.4 is 16.1 Å². The predicted molar refractivity (Wildman–Crippen MR) is 143 cm³/mol. The zero-order valence-corrected chi connectivity index (χ0v) is 24.3. The number of esters is 1. The minimum Gasteiger partial charge on any atom is -0.460 e. The third-order valence-electron chi connectivity index (χ3n) is 6.02. The molecule has 0 aromatic rings. The highest BCUT2D eigenvalue weighted by Crippen LogP contribution is 2.26. The average Bonchev–Trinajstić information content (AvgIpc) is 2.84. The normalized spacial score (nSPS) is 19.4. The zero-order chi connectivity index (χ0) is 28.3. The number of rotatable bonds is 13. The molecule has 1 heterocycles. The van der Waals surface area contributed by atoms with Gasteiger partial charge in [-0.3, -0.25) is 24.2 Å². The maximum atomic E-state index is 13.0. The molecule has 1 aliphatic heterocycles. The van der Waals surface area contributed by atoms with E-state index in [1.54, 1.807) is 26.8 Å². The third-order valence-corrected chi connectivity index (χ3v) is 6.35. The number of nitrogens with one attached hydrogen (secondary N) is 3. The first kappa shape index (κ1) is 33.4. The van der Waals surface area contributed by atoms with Crippen molar-refractivity contribution in [3.05, 3.63) is 12.7 Å². The molecule has 0 aromatic carbocycles. The first-order valence-electron chi connectivity index (χ1n) is 12.3. The Morgan fingerprint density at radius 2 is 1.78 bits per heavy atom. The second-order valence-electron chi connectivity index (χ2n) is 9.43. The summed E-state index contributed by atoms with van der Waals surface area (Å²) in [5.74, 6) is -2.64. The van der Waals surface area contributed by atoms with E-state index in [2.05, 4.69) is 22.6 Å². The summed E-state index contributed by atoms with van der Waals surface area (Å²) in [5, 5.41) is 6.73. The standard InChI is InChI=1S/C24H39Cl3N4O6/c1-7-8-11-18(36-6)15(4)20(32)29-19(14(2)3)21(33)28-16(5)22(34)31-12-9-10-17(30-31)23(35)37-13-24(25,26)27/h7,14-19,30H,1,8-13H2,2-6H3,(H,28,33)(H,29,32)/t15-,16+,17+,18-,19+/m1/s1. The summed E-state index contributed by atoms with van der Waals surface area (Å²) in [5.41, 5.74) is 2.82. The Morgan fingerprint density at radius 3 is 2.32 bits per heavy atom. The highest BCUT2D eigenvalue weighted by Gasteiger charge is 2.35. The van der Waals surface area contributed by atoms with Crippen molar-refractivity contribution in [1.82, 2.24) is 21.1 Å². The molecule has 0 spiro atoms. The molecule has 10 nitrogen and oxygen atoms in total. The van der Waals surface area contributed by atoms with Gasteiger partial charge in [0.15, 0.2) is 0 Å². The summed E-state index contributed by atoms with van der Waals surface area (Å²) < 4.78 is 8.70. The zero-order valence-electron chi connectivity index (χ0n) is 22.0. The van der Waals surface area contributed by atoms with E-state index in [4.69, 9.17) is 44.3 Å². The number of ether oxygens (including phenoxy) is 2. The van der Waals surface area contributed by atoms with Gasteiger partial charge in [0.1, 0.15) is 24.7 Å². The van der Waals surface area contributed by atoms with Crippen LogP contribution in [0.15, 0.2) is 12.7 Å². The molecule has 0 bridgehead atoms. The van der Waals surface area contributed by atoms with Gasteiger partial charge < -0.3 is 20.1 Å². The van der Waals surface area contributed by atoms with E-state index in [1.165, 1.54) is 19.0 Å². The molecule has 3 N–H and O–H groups in total. The van der Waals surface area contributed by atoms with Crippen LogP contribution in [0.3, 0.4) is 0 Å². The Bertz CT molecular complexity index is 808. The number of hydrazine groups is 1. The lowest BCUT2D eigenvalue weighted by Crippen LogP contribution is -2.61. The molecule has 0 unspecified atom stereocenters. The van der Waals surface area contributed by atoms with Gasteiger partial charge in [-0.2, -0.15) is 0 Å². The summed E-state index contributed by atoms with van der Waals surface area (Å²) >= 11 is 16.9.